The molecule has 1 N–H and O–H groups in total. The number of aromatic nitrogens is 5. The smallest absolute Gasteiger partial charge is 0.253 e. The Morgan fingerprint density at radius 2 is 1.59 bits per heavy atom. The number of benzene rings is 3. The van der Waals surface area contributed by atoms with Crippen molar-refractivity contribution in [2.24, 2.45) is 0 Å². The summed E-state index contributed by atoms with van der Waals surface area (Å²) in [5.41, 5.74) is 8.71. The number of pyridine rings is 1. The molecule has 5 aromatic rings. The molecule has 0 spiro atoms. The molecule has 1 saturated heterocycles. The van der Waals surface area contributed by atoms with Gasteiger partial charge in [0.2, 0.25) is 0 Å². The second-order valence-electron chi connectivity index (χ2n) is 11.3. The summed E-state index contributed by atoms with van der Waals surface area (Å²) in [5, 5.41) is 14.1. The van der Waals surface area contributed by atoms with Crippen molar-refractivity contribution in [1.29, 1.82) is 0 Å². The fraction of sp³-hybridized carbons (Fsp3) is 0.333. The largest absolute Gasteiger partial charge is 0.369 e. The van der Waals surface area contributed by atoms with E-state index in [0.717, 1.165) is 54.6 Å². The van der Waals surface area contributed by atoms with Crippen molar-refractivity contribution in [3.8, 4) is 0 Å². The lowest BCUT2D eigenvalue weighted by Crippen LogP contribution is -2.49. The van der Waals surface area contributed by atoms with Crippen molar-refractivity contribution in [1.82, 2.24) is 30.1 Å². The Kier molecular flexibility index (Phi) is 7.41. The number of hydrogen-bond donors (Lipinski definition) is 1. The second kappa shape index (κ2) is 11.3. The van der Waals surface area contributed by atoms with Crippen LogP contribution in [0.3, 0.4) is 0 Å². The van der Waals surface area contributed by atoms with Gasteiger partial charge in [0.25, 0.3) is 5.56 Å². The van der Waals surface area contributed by atoms with Crippen molar-refractivity contribution in [3.63, 3.8) is 0 Å². The van der Waals surface area contributed by atoms with Crippen LogP contribution in [0.15, 0.2) is 71.5 Å². The highest BCUT2D eigenvalue weighted by Gasteiger charge is 2.33. The Morgan fingerprint density at radius 1 is 0.854 bits per heavy atom. The van der Waals surface area contributed by atoms with Gasteiger partial charge < -0.3 is 9.88 Å². The Balaban J connectivity index is 1.38. The number of hydrogen-bond acceptors (Lipinski definition) is 6. The Hall–Kier alpha value is -4.30. The summed E-state index contributed by atoms with van der Waals surface area (Å²) in [6.45, 7) is 12.4. The topological polar surface area (TPSA) is 82.9 Å². The first kappa shape index (κ1) is 26.9. The van der Waals surface area contributed by atoms with Gasteiger partial charge in [-0.1, -0.05) is 54.6 Å². The SMILES string of the molecule is Cc1ccc(C)c(N2CCN([C@H](c3cc4c(C)ccc(C)c4[nH]c3=O)c3nnnn3CCc3ccccc3)CC2)c1. The standard InChI is InChI=1S/C33H37N7O/c1-22-10-11-24(3)29(20-22)38-16-18-39(19-17-38)31(28-21-27-23(2)12-13-25(4)30(27)34-33(28)41)32-35-36-37-40(32)15-14-26-8-6-5-7-9-26/h5-13,20-21,31H,14-19H2,1-4H3,(H,34,41)/t31-/m1/s1. The van der Waals surface area contributed by atoms with Crippen molar-refractivity contribution in [3.05, 3.63) is 116 Å². The number of piperazine rings is 1. The summed E-state index contributed by atoms with van der Waals surface area (Å²) in [7, 11) is 0. The highest BCUT2D eigenvalue weighted by Crippen LogP contribution is 2.31. The van der Waals surface area contributed by atoms with Gasteiger partial charge in [-0.2, -0.15) is 0 Å². The lowest BCUT2D eigenvalue weighted by atomic mass is 9.99. The van der Waals surface area contributed by atoms with Crippen LogP contribution >= 0.6 is 0 Å². The van der Waals surface area contributed by atoms with E-state index in [1.54, 1.807) is 0 Å². The van der Waals surface area contributed by atoms with Gasteiger partial charge in [-0.15, -0.1) is 5.10 Å². The number of aryl methyl sites for hydroxylation is 6. The molecule has 0 radical (unpaired) electrons. The van der Waals surface area contributed by atoms with E-state index in [0.29, 0.717) is 17.9 Å². The normalized spacial score (nSPS) is 15.0. The number of anilines is 1. The molecule has 1 fully saturated rings. The molecule has 8 nitrogen and oxygen atoms in total. The lowest BCUT2D eigenvalue weighted by Gasteiger charge is -2.40. The van der Waals surface area contributed by atoms with Crippen molar-refractivity contribution in [2.45, 2.75) is 46.7 Å². The zero-order valence-electron chi connectivity index (χ0n) is 24.3. The van der Waals surface area contributed by atoms with Gasteiger partial charge in [0.05, 0.1) is 5.52 Å². The number of H-pyrrole nitrogens is 1. The number of nitrogens with zero attached hydrogens (tertiary/aromatic N) is 6. The minimum Gasteiger partial charge on any atom is -0.369 e. The van der Waals surface area contributed by atoms with Crippen molar-refractivity contribution >= 4 is 16.6 Å². The average molecular weight is 548 g/mol. The molecular weight excluding hydrogens is 510 g/mol. The van der Waals surface area contributed by atoms with Crippen LogP contribution in [0.4, 0.5) is 5.69 Å². The molecule has 3 heterocycles. The van der Waals surface area contributed by atoms with Gasteiger partial charge in [0, 0.05) is 49.4 Å². The van der Waals surface area contributed by atoms with E-state index in [2.05, 4.69) is 99.6 Å². The summed E-state index contributed by atoms with van der Waals surface area (Å²) in [6, 6.07) is 22.9. The van der Waals surface area contributed by atoms with E-state index >= 15 is 0 Å². The van der Waals surface area contributed by atoms with Gasteiger partial charge in [-0.05, 0) is 84.5 Å². The lowest BCUT2D eigenvalue weighted by molar-refractivity contribution is 0.199. The van der Waals surface area contributed by atoms with E-state index in [1.165, 1.54) is 22.4 Å². The predicted octanol–water partition coefficient (Wildman–Crippen LogP) is 4.90. The number of aromatic amines is 1. The average Bonchev–Trinajstić information content (AvgIpc) is 3.45. The molecular formula is C33H37N7O. The van der Waals surface area contributed by atoms with Crippen LogP contribution in [0.5, 0.6) is 0 Å². The molecule has 0 bridgehead atoms. The monoisotopic (exact) mass is 547 g/mol. The van der Waals surface area contributed by atoms with Crippen LogP contribution in [0, 0.1) is 27.7 Å². The molecule has 1 aliphatic rings. The first-order valence-electron chi connectivity index (χ1n) is 14.4. The first-order valence-corrected chi connectivity index (χ1v) is 14.4. The second-order valence-corrected chi connectivity index (χ2v) is 11.3. The maximum Gasteiger partial charge on any atom is 0.253 e. The minimum absolute atomic E-state index is 0.0919. The van der Waals surface area contributed by atoms with E-state index in [9.17, 15) is 4.79 Å². The molecule has 0 amide bonds. The van der Waals surface area contributed by atoms with Crippen LogP contribution < -0.4 is 10.5 Å². The maximum atomic E-state index is 13.8. The quantitative estimate of drug-likeness (QED) is 0.312. The summed E-state index contributed by atoms with van der Waals surface area (Å²) in [6.07, 6.45) is 0.804. The molecule has 0 unspecified atom stereocenters. The van der Waals surface area contributed by atoms with Crippen molar-refractivity contribution < 1.29 is 0 Å². The van der Waals surface area contributed by atoms with E-state index < -0.39 is 0 Å². The third-order valence-corrected chi connectivity index (χ3v) is 8.41. The Labute approximate surface area is 240 Å². The third-order valence-electron chi connectivity index (χ3n) is 8.41. The molecule has 3 aromatic carbocycles. The van der Waals surface area contributed by atoms with Gasteiger partial charge in [0.1, 0.15) is 6.04 Å². The van der Waals surface area contributed by atoms with Crippen molar-refractivity contribution in [2.75, 3.05) is 31.1 Å². The highest BCUT2D eigenvalue weighted by molar-refractivity contribution is 5.85. The van der Waals surface area contributed by atoms with Gasteiger partial charge in [-0.25, -0.2) is 4.68 Å². The van der Waals surface area contributed by atoms with Crippen LogP contribution in [0.1, 0.15) is 45.2 Å². The van der Waals surface area contributed by atoms with Gasteiger partial charge in [0.15, 0.2) is 5.82 Å². The number of rotatable bonds is 7. The van der Waals surface area contributed by atoms with Crippen LogP contribution in [0.25, 0.3) is 10.9 Å². The summed E-state index contributed by atoms with van der Waals surface area (Å²) in [4.78, 5) is 21.8. The summed E-state index contributed by atoms with van der Waals surface area (Å²) in [5.74, 6) is 0.705. The number of nitrogens with one attached hydrogen (secondary N) is 1. The predicted molar refractivity (Wildman–Crippen MR) is 164 cm³/mol. The molecule has 8 heteroatoms. The van der Waals surface area contributed by atoms with E-state index in [4.69, 9.17) is 0 Å². The molecule has 210 valence electrons. The number of tetrazole rings is 1. The minimum atomic E-state index is -0.366. The number of fused-ring (bicyclic) bond motifs is 1. The highest BCUT2D eigenvalue weighted by atomic mass is 16.1. The fourth-order valence-electron chi connectivity index (χ4n) is 6.02. The molecule has 1 aliphatic heterocycles. The fourth-order valence-corrected chi connectivity index (χ4v) is 6.02. The van der Waals surface area contributed by atoms with E-state index in [1.807, 2.05) is 29.8 Å². The van der Waals surface area contributed by atoms with E-state index in [-0.39, 0.29) is 11.6 Å². The zero-order valence-corrected chi connectivity index (χ0v) is 24.3. The summed E-state index contributed by atoms with van der Waals surface area (Å²) < 4.78 is 1.88. The molecule has 6 rings (SSSR count). The maximum absolute atomic E-state index is 13.8. The molecule has 1 atom stereocenters. The van der Waals surface area contributed by atoms with Crippen LogP contribution in [0.2, 0.25) is 0 Å². The van der Waals surface area contributed by atoms with Gasteiger partial charge in [-0.3, -0.25) is 9.69 Å². The third kappa shape index (κ3) is 5.39. The molecule has 41 heavy (non-hydrogen) atoms. The molecule has 2 aromatic heterocycles. The van der Waals surface area contributed by atoms with Gasteiger partial charge >= 0.3 is 0 Å². The van der Waals surface area contributed by atoms with Crippen LogP contribution in [-0.2, 0) is 13.0 Å². The molecule has 0 aliphatic carbocycles. The Bertz CT molecular complexity index is 1730. The first-order chi connectivity index (χ1) is 19.9. The Morgan fingerprint density at radius 3 is 2.37 bits per heavy atom. The van der Waals surface area contributed by atoms with Crippen LogP contribution in [-0.4, -0.2) is 56.3 Å². The zero-order chi connectivity index (χ0) is 28.5. The summed E-state index contributed by atoms with van der Waals surface area (Å²) >= 11 is 0. The molecule has 0 saturated carbocycles.